The SMILES string of the molecule is Cc1ccncc1NC(=O)Cc1ccc(C(N)=NO)cc1. The van der Waals surface area contributed by atoms with Gasteiger partial charge in [0.05, 0.1) is 18.3 Å². The summed E-state index contributed by atoms with van der Waals surface area (Å²) in [7, 11) is 0. The number of aromatic nitrogens is 1. The molecular formula is C15H16N4O2. The zero-order valence-electron chi connectivity index (χ0n) is 11.6. The normalized spacial score (nSPS) is 11.2. The summed E-state index contributed by atoms with van der Waals surface area (Å²) in [6.07, 6.45) is 3.54. The number of oxime groups is 1. The number of amidine groups is 1. The second-order valence-electron chi connectivity index (χ2n) is 4.60. The zero-order valence-corrected chi connectivity index (χ0v) is 11.6. The van der Waals surface area contributed by atoms with Gasteiger partial charge in [-0.05, 0) is 24.1 Å². The Kier molecular flexibility index (Phi) is 4.50. The van der Waals surface area contributed by atoms with Gasteiger partial charge in [-0.3, -0.25) is 9.78 Å². The molecule has 108 valence electrons. The molecule has 21 heavy (non-hydrogen) atoms. The molecule has 0 fully saturated rings. The number of nitrogens with two attached hydrogens (primary N) is 1. The first-order chi connectivity index (χ1) is 10.1. The lowest BCUT2D eigenvalue weighted by Crippen LogP contribution is -2.16. The number of nitrogens with zero attached hydrogens (tertiary/aromatic N) is 2. The van der Waals surface area contributed by atoms with Crippen LogP contribution in [-0.2, 0) is 11.2 Å². The number of carbonyl (C=O) groups excluding carboxylic acids is 1. The molecule has 0 aliphatic carbocycles. The van der Waals surface area contributed by atoms with Gasteiger partial charge in [-0.2, -0.15) is 0 Å². The number of anilines is 1. The topological polar surface area (TPSA) is 101 Å². The summed E-state index contributed by atoms with van der Waals surface area (Å²) in [5, 5.41) is 14.3. The zero-order chi connectivity index (χ0) is 15.2. The first-order valence-corrected chi connectivity index (χ1v) is 6.37. The fraction of sp³-hybridized carbons (Fsp3) is 0.133. The van der Waals surface area contributed by atoms with Crippen molar-refractivity contribution in [2.45, 2.75) is 13.3 Å². The van der Waals surface area contributed by atoms with Gasteiger partial charge in [0, 0.05) is 11.8 Å². The van der Waals surface area contributed by atoms with Gasteiger partial charge in [-0.1, -0.05) is 29.4 Å². The lowest BCUT2D eigenvalue weighted by atomic mass is 10.1. The molecule has 4 N–H and O–H groups in total. The smallest absolute Gasteiger partial charge is 0.228 e. The van der Waals surface area contributed by atoms with Gasteiger partial charge in [0.15, 0.2) is 5.84 Å². The van der Waals surface area contributed by atoms with Crippen molar-refractivity contribution in [1.29, 1.82) is 0 Å². The highest BCUT2D eigenvalue weighted by Crippen LogP contribution is 2.12. The molecule has 0 aliphatic rings. The average molecular weight is 284 g/mol. The molecule has 6 nitrogen and oxygen atoms in total. The van der Waals surface area contributed by atoms with Crippen LogP contribution < -0.4 is 11.1 Å². The van der Waals surface area contributed by atoms with E-state index in [1.54, 1.807) is 36.7 Å². The highest BCUT2D eigenvalue weighted by molar-refractivity contribution is 5.97. The Balaban J connectivity index is 2.02. The quantitative estimate of drug-likeness (QED) is 0.344. The Morgan fingerprint density at radius 1 is 1.33 bits per heavy atom. The van der Waals surface area contributed by atoms with Crippen LogP contribution in [0.3, 0.4) is 0 Å². The Bertz CT molecular complexity index is 666. The third-order valence-corrected chi connectivity index (χ3v) is 3.04. The molecule has 0 aliphatic heterocycles. The molecule has 1 aromatic carbocycles. The summed E-state index contributed by atoms with van der Waals surface area (Å²) < 4.78 is 0. The first-order valence-electron chi connectivity index (χ1n) is 6.37. The maximum atomic E-state index is 12.0. The summed E-state index contributed by atoms with van der Waals surface area (Å²) in [6.45, 7) is 1.91. The second-order valence-corrected chi connectivity index (χ2v) is 4.60. The molecule has 0 bridgehead atoms. The molecule has 6 heteroatoms. The van der Waals surface area contributed by atoms with Gasteiger partial charge in [0.25, 0.3) is 0 Å². The largest absolute Gasteiger partial charge is 0.409 e. The average Bonchev–Trinajstić information content (AvgIpc) is 2.49. The number of hydrogen-bond acceptors (Lipinski definition) is 4. The third-order valence-electron chi connectivity index (χ3n) is 3.04. The number of rotatable bonds is 4. The van der Waals surface area contributed by atoms with Gasteiger partial charge in [-0.15, -0.1) is 0 Å². The van der Waals surface area contributed by atoms with E-state index in [0.717, 1.165) is 11.1 Å². The Morgan fingerprint density at radius 3 is 2.67 bits per heavy atom. The predicted molar refractivity (Wildman–Crippen MR) is 80.3 cm³/mol. The highest BCUT2D eigenvalue weighted by atomic mass is 16.4. The highest BCUT2D eigenvalue weighted by Gasteiger charge is 2.07. The number of aryl methyl sites for hydroxylation is 1. The van der Waals surface area contributed by atoms with Crippen LogP contribution in [0.2, 0.25) is 0 Å². The Labute approximate surface area is 122 Å². The summed E-state index contributed by atoms with van der Waals surface area (Å²) in [5.74, 6) is -0.0837. The minimum atomic E-state index is -0.123. The fourth-order valence-electron chi connectivity index (χ4n) is 1.83. The number of nitrogens with one attached hydrogen (secondary N) is 1. The number of amides is 1. The van der Waals surface area contributed by atoms with E-state index in [1.807, 2.05) is 13.0 Å². The maximum absolute atomic E-state index is 12.0. The monoisotopic (exact) mass is 284 g/mol. The van der Waals surface area contributed by atoms with Crippen LogP contribution in [0.25, 0.3) is 0 Å². The third kappa shape index (κ3) is 3.79. The number of hydrogen-bond donors (Lipinski definition) is 3. The molecule has 2 aromatic rings. The molecule has 0 saturated carbocycles. The van der Waals surface area contributed by atoms with E-state index >= 15 is 0 Å². The Morgan fingerprint density at radius 2 is 2.05 bits per heavy atom. The number of carbonyl (C=O) groups is 1. The summed E-state index contributed by atoms with van der Waals surface area (Å²) in [4.78, 5) is 16.0. The molecule has 1 aromatic heterocycles. The van der Waals surface area contributed by atoms with E-state index in [-0.39, 0.29) is 18.2 Å². The molecular weight excluding hydrogens is 268 g/mol. The molecule has 0 spiro atoms. The number of pyridine rings is 1. The minimum absolute atomic E-state index is 0.0389. The summed E-state index contributed by atoms with van der Waals surface area (Å²) >= 11 is 0. The van der Waals surface area contributed by atoms with Crippen LogP contribution in [-0.4, -0.2) is 21.9 Å². The van der Waals surface area contributed by atoms with Crippen LogP contribution in [0.1, 0.15) is 16.7 Å². The van der Waals surface area contributed by atoms with Crippen molar-refractivity contribution < 1.29 is 10.0 Å². The van der Waals surface area contributed by atoms with E-state index in [1.165, 1.54) is 0 Å². The van der Waals surface area contributed by atoms with Crippen molar-refractivity contribution in [1.82, 2.24) is 4.98 Å². The van der Waals surface area contributed by atoms with Crippen molar-refractivity contribution in [2.75, 3.05) is 5.32 Å². The van der Waals surface area contributed by atoms with E-state index in [9.17, 15) is 4.79 Å². The van der Waals surface area contributed by atoms with Crippen LogP contribution in [0.5, 0.6) is 0 Å². The second kappa shape index (κ2) is 6.51. The van der Waals surface area contributed by atoms with Crippen molar-refractivity contribution >= 4 is 17.4 Å². The molecule has 0 radical (unpaired) electrons. The van der Waals surface area contributed by atoms with Crippen molar-refractivity contribution in [2.24, 2.45) is 10.9 Å². The number of benzene rings is 1. The molecule has 0 saturated heterocycles. The van der Waals surface area contributed by atoms with Gasteiger partial charge in [-0.25, -0.2) is 0 Å². The lowest BCUT2D eigenvalue weighted by molar-refractivity contribution is -0.115. The maximum Gasteiger partial charge on any atom is 0.228 e. The lowest BCUT2D eigenvalue weighted by Gasteiger charge is -2.08. The van der Waals surface area contributed by atoms with E-state index in [2.05, 4.69) is 15.5 Å². The summed E-state index contributed by atoms with van der Waals surface area (Å²) in [6, 6.07) is 8.77. The summed E-state index contributed by atoms with van der Waals surface area (Å²) in [5.41, 5.74) is 8.58. The van der Waals surface area contributed by atoms with E-state index in [0.29, 0.717) is 11.3 Å². The minimum Gasteiger partial charge on any atom is -0.409 e. The van der Waals surface area contributed by atoms with Gasteiger partial charge >= 0.3 is 0 Å². The van der Waals surface area contributed by atoms with Crippen LogP contribution in [0, 0.1) is 6.92 Å². The van der Waals surface area contributed by atoms with Crippen LogP contribution in [0.4, 0.5) is 5.69 Å². The molecule has 0 unspecified atom stereocenters. The van der Waals surface area contributed by atoms with E-state index in [4.69, 9.17) is 10.9 Å². The fourth-order valence-corrected chi connectivity index (χ4v) is 1.83. The van der Waals surface area contributed by atoms with Crippen molar-refractivity contribution in [3.8, 4) is 0 Å². The van der Waals surface area contributed by atoms with Crippen molar-refractivity contribution in [3.05, 3.63) is 59.4 Å². The van der Waals surface area contributed by atoms with Crippen LogP contribution in [0.15, 0.2) is 47.9 Å². The van der Waals surface area contributed by atoms with Gasteiger partial charge < -0.3 is 16.3 Å². The van der Waals surface area contributed by atoms with Crippen molar-refractivity contribution in [3.63, 3.8) is 0 Å². The Hall–Kier alpha value is -2.89. The van der Waals surface area contributed by atoms with Crippen LogP contribution >= 0.6 is 0 Å². The molecule has 1 amide bonds. The molecule has 1 heterocycles. The predicted octanol–water partition coefficient (Wildman–Crippen LogP) is 1.67. The molecule has 2 rings (SSSR count). The van der Waals surface area contributed by atoms with Gasteiger partial charge in [0.1, 0.15) is 0 Å². The first kappa shape index (κ1) is 14.5. The standard InChI is InChI=1S/C15H16N4O2/c1-10-6-7-17-9-13(10)18-14(20)8-11-2-4-12(5-3-11)15(16)19-21/h2-7,9,21H,8H2,1H3,(H2,16,19)(H,18,20). The van der Waals surface area contributed by atoms with E-state index < -0.39 is 0 Å². The van der Waals surface area contributed by atoms with Gasteiger partial charge in [0.2, 0.25) is 5.91 Å². The molecule has 0 atom stereocenters.